The van der Waals surface area contributed by atoms with E-state index in [4.69, 9.17) is 0 Å². The third-order valence-electron chi connectivity index (χ3n) is 6.66. The van der Waals surface area contributed by atoms with Gasteiger partial charge >= 0.3 is 0 Å². The zero-order chi connectivity index (χ0) is 19.6. The monoisotopic (exact) mass is 370 g/mol. The minimum atomic E-state index is 0.0271. The maximum absolute atomic E-state index is 2.45. The third kappa shape index (κ3) is 2.26. The predicted molar refractivity (Wildman–Crippen MR) is 124 cm³/mol. The van der Waals surface area contributed by atoms with Crippen LogP contribution < -0.4 is 0 Å². The second-order valence-corrected chi connectivity index (χ2v) is 8.62. The lowest BCUT2D eigenvalue weighted by molar-refractivity contribution is 0.661. The van der Waals surface area contributed by atoms with E-state index < -0.39 is 0 Å². The highest BCUT2D eigenvalue weighted by molar-refractivity contribution is 6.13. The van der Waals surface area contributed by atoms with Gasteiger partial charge in [-0.3, -0.25) is 0 Å². The predicted octanol–water partition coefficient (Wildman–Crippen LogP) is 7.97. The average Bonchev–Trinajstić information content (AvgIpc) is 2.99. The summed E-state index contributed by atoms with van der Waals surface area (Å²) in [5, 5.41) is 5.31. The molecule has 0 spiro atoms. The SMILES string of the molecule is CC1(C)c2ccccc2-c2cc3ccc4c(-c5ccccc5)cccc4c3cc21. The Kier molecular flexibility index (Phi) is 3.32. The number of fused-ring (bicyclic) bond motifs is 6. The molecule has 0 amide bonds. The molecule has 0 aliphatic heterocycles. The summed E-state index contributed by atoms with van der Waals surface area (Å²) in [5.74, 6) is 0. The lowest BCUT2D eigenvalue weighted by Crippen LogP contribution is -2.14. The Morgan fingerprint density at radius 3 is 2.10 bits per heavy atom. The van der Waals surface area contributed by atoms with Gasteiger partial charge < -0.3 is 0 Å². The molecule has 138 valence electrons. The Labute approximate surface area is 171 Å². The molecule has 0 atom stereocenters. The van der Waals surface area contributed by atoms with Gasteiger partial charge in [0.2, 0.25) is 0 Å². The van der Waals surface area contributed by atoms with Gasteiger partial charge in [-0.2, -0.15) is 0 Å². The minimum Gasteiger partial charge on any atom is -0.0622 e. The number of rotatable bonds is 1. The van der Waals surface area contributed by atoms with Crippen LogP contribution in [0.5, 0.6) is 0 Å². The van der Waals surface area contributed by atoms with E-state index in [2.05, 4.69) is 111 Å². The van der Waals surface area contributed by atoms with Crippen LogP contribution >= 0.6 is 0 Å². The van der Waals surface area contributed by atoms with Crippen LogP contribution in [-0.4, -0.2) is 0 Å². The summed E-state index contributed by atoms with van der Waals surface area (Å²) < 4.78 is 0. The van der Waals surface area contributed by atoms with Crippen LogP contribution in [0, 0.1) is 0 Å². The highest BCUT2D eigenvalue weighted by atomic mass is 14.4. The van der Waals surface area contributed by atoms with E-state index in [1.807, 2.05) is 0 Å². The summed E-state index contributed by atoms with van der Waals surface area (Å²) in [7, 11) is 0. The van der Waals surface area contributed by atoms with Gasteiger partial charge in [0, 0.05) is 5.41 Å². The van der Waals surface area contributed by atoms with E-state index >= 15 is 0 Å². The van der Waals surface area contributed by atoms with Gasteiger partial charge in [0.05, 0.1) is 0 Å². The van der Waals surface area contributed by atoms with Gasteiger partial charge in [0.1, 0.15) is 0 Å². The topological polar surface area (TPSA) is 0 Å². The van der Waals surface area contributed by atoms with Crippen LogP contribution in [0.25, 0.3) is 43.8 Å². The van der Waals surface area contributed by atoms with Crippen LogP contribution in [0.4, 0.5) is 0 Å². The summed E-state index contributed by atoms with van der Waals surface area (Å²) >= 11 is 0. The normalized spacial score (nSPS) is 14.1. The van der Waals surface area contributed by atoms with Crippen molar-refractivity contribution in [2.45, 2.75) is 19.3 Å². The molecule has 5 aromatic rings. The Morgan fingerprint density at radius 2 is 1.24 bits per heavy atom. The molecule has 0 bridgehead atoms. The van der Waals surface area contributed by atoms with Gasteiger partial charge in [-0.25, -0.2) is 0 Å². The van der Waals surface area contributed by atoms with E-state index in [1.54, 1.807) is 0 Å². The Morgan fingerprint density at radius 1 is 0.483 bits per heavy atom. The molecule has 1 aliphatic rings. The Hall–Kier alpha value is -3.38. The van der Waals surface area contributed by atoms with Gasteiger partial charge in [-0.15, -0.1) is 0 Å². The highest BCUT2D eigenvalue weighted by Crippen LogP contribution is 2.50. The van der Waals surface area contributed by atoms with Crippen molar-refractivity contribution >= 4 is 21.5 Å². The Bertz CT molecular complexity index is 1400. The third-order valence-corrected chi connectivity index (χ3v) is 6.66. The largest absolute Gasteiger partial charge is 0.0622 e. The second kappa shape index (κ2) is 5.81. The fourth-order valence-electron chi connectivity index (χ4n) is 5.16. The van der Waals surface area contributed by atoms with Gasteiger partial charge in [0.15, 0.2) is 0 Å². The van der Waals surface area contributed by atoms with Crippen LogP contribution in [-0.2, 0) is 5.41 Å². The summed E-state index contributed by atoms with van der Waals surface area (Å²) in [6.45, 7) is 4.70. The van der Waals surface area contributed by atoms with Crippen molar-refractivity contribution in [2.75, 3.05) is 0 Å². The lowest BCUT2D eigenvalue weighted by atomic mass is 9.81. The lowest BCUT2D eigenvalue weighted by Gasteiger charge is -2.22. The fourth-order valence-corrected chi connectivity index (χ4v) is 5.16. The molecule has 0 aromatic heterocycles. The van der Waals surface area contributed by atoms with Crippen molar-refractivity contribution < 1.29 is 0 Å². The quantitative estimate of drug-likeness (QED) is 0.262. The van der Waals surface area contributed by atoms with Crippen molar-refractivity contribution in [3.8, 4) is 22.3 Å². The highest BCUT2D eigenvalue weighted by Gasteiger charge is 2.35. The summed E-state index contributed by atoms with van der Waals surface area (Å²) in [4.78, 5) is 0. The minimum absolute atomic E-state index is 0.0271. The Balaban J connectivity index is 1.68. The first-order valence-electron chi connectivity index (χ1n) is 10.3. The van der Waals surface area contributed by atoms with Gasteiger partial charge in [-0.1, -0.05) is 98.8 Å². The van der Waals surface area contributed by atoms with E-state index in [9.17, 15) is 0 Å². The molecule has 0 saturated heterocycles. The van der Waals surface area contributed by atoms with Gasteiger partial charge in [0.25, 0.3) is 0 Å². The summed E-state index contributed by atoms with van der Waals surface area (Å²) in [5.41, 5.74) is 8.23. The maximum Gasteiger partial charge on any atom is 0.0159 e. The molecule has 0 saturated carbocycles. The summed E-state index contributed by atoms with van der Waals surface area (Å²) in [6, 6.07) is 35.7. The van der Waals surface area contributed by atoms with Crippen LogP contribution in [0.2, 0.25) is 0 Å². The van der Waals surface area contributed by atoms with E-state index in [0.29, 0.717) is 0 Å². The molecule has 1 aliphatic carbocycles. The molecule has 5 aromatic carbocycles. The standard InChI is InChI=1S/C29H22/c1-29(2)27-14-7-6-11-24(27)26-17-20-15-16-23-21(19-9-4-3-5-10-19)12-8-13-22(23)25(20)18-28(26)29/h3-18H,1-2H3. The maximum atomic E-state index is 2.45. The molecule has 0 heterocycles. The molecular formula is C29H22. The summed E-state index contributed by atoms with van der Waals surface area (Å²) in [6.07, 6.45) is 0. The zero-order valence-electron chi connectivity index (χ0n) is 16.7. The first kappa shape index (κ1) is 16.6. The smallest absolute Gasteiger partial charge is 0.0159 e. The molecule has 0 heteroatoms. The van der Waals surface area contributed by atoms with Crippen molar-refractivity contribution in [3.63, 3.8) is 0 Å². The molecule has 0 radical (unpaired) electrons. The van der Waals surface area contributed by atoms with Crippen molar-refractivity contribution in [1.82, 2.24) is 0 Å². The first-order chi connectivity index (χ1) is 14.1. The van der Waals surface area contributed by atoms with Crippen molar-refractivity contribution in [2.24, 2.45) is 0 Å². The fraction of sp³-hybridized carbons (Fsp3) is 0.103. The van der Waals surface area contributed by atoms with E-state index in [0.717, 1.165) is 0 Å². The average molecular weight is 370 g/mol. The van der Waals surface area contributed by atoms with Gasteiger partial charge in [-0.05, 0) is 67.1 Å². The second-order valence-electron chi connectivity index (χ2n) is 8.62. The number of hydrogen-bond acceptors (Lipinski definition) is 0. The van der Waals surface area contributed by atoms with E-state index in [1.165, 1.54) is 54.9 Å². The van der Waals surface area contributed by atoms with Crippen LogP contribution in [0.1, 0.15) is 25.0 Å². The number of benzene rings is 5. The van der Waals surface area contributed by atoms with Crippen molar-refractivity contribution in [3.05, 3.63) is 108 Å². The zero-order valence-corrected chi connectivity index (χ0v) is 16.7. The van der Waals surface area contributed by atoms with E-state index in [-0.39, 0.29) is 5.41 Å². The molecule has 6 rings (SSSR count). The molecule has 0 fully saturated rings. The van der Waals surface area contributed by atoms with Crippen LogP contribution in [0.15, 0.2) is 97.1 Å². The van der Waals surface area contributed by atoms with Crippen LogP contribution in [0.3, 0.4) is 0 Å². The number of hydrogen-bond donors (Lipinski definition) is 0. The van der Waals surface area contributed by atoms with Crippen molar-refractivity contribution in [1.29, 1.82) is 0 Å². The molecule has 29 heavy (non-hydrogen) atoms. The molecule has 0 nitrogen and oxygen atoms in total. The molecule has 0 N–H and O–H groups in total. The molecule has 0 unspecified atom stereocenters. The first-order valence-corrected chi connectivity index (χ1v) is 10.3. The molecular weight excluding hydrogens is 348 g/mol.